The minimum Gasteiger partial charge on any atom is -0.362 e. The number of benzene rings is 1. The number of hydrogen-bond acceptors (Lipinski definition) is 4. The Bertz CT molecular complexity index is 745. The van der Waals surface area contributed by atoms with Gasteiger partial charge in [-0.1, -0.05) is 12.1 Å². The van der Waals surface area contributed by atoms with E-state index in [9.17, 15) is 4.39 Å². The van der Waals surface area contributed by atoms with Gasteiger partial charge in [-0.15, -0.1) is 0 Å². The van der Waals surface area contributed by atoms with Crippen molar-refractivity contribution in [3.63, 3.8) is 0 Å². The van der Waals surface area contributed by atoms with Crippen molar-refractivity contribution >= 4 is 16.9 Å². The minimum atomic E-state index is -0.347. The van der Waals surface area contributed by atoms with Crippen molar-refractivity contribution in [1.82, 2.24) is 15.0 Å². The Balaban J connectivity index is 1.85. The molecular formula is C15H13FN4. The molecule has 0 aliphatic rings. The Kier molecular flexibility index (Phi) is 3.25. The molecule has 0 spiro atoms. The fourth-order valence-corrected chi connectivity index (χ4v) is 2.00. The molecule has 0 saturated carbocycles. The second kappa shape index (κ2) is 5.21. The van der Waals surface area contributed by atoms with Gasteiger partial charge in [-0.2, -0.15) is 0 Å². The Morgan fingerprint density at radius 3 is 2.70 bits per heavy atom. The van der Waals surface area contributed by atoms with Crippen LogP contribution in [0, 0.1) is 5.82 Å². The van der Waals surface area contributed by atoms with E-state index in [-0.39, 0.29) is 11.9 Å². The number of anilines is 1. The van der Waals surface area contributed by atoms with Crippen molar-refractivity contribution in [1.29, 1.82) is 0 Å². The van der Waals surface area contributed by atoms with Gasteiger partial charge in [0.15, 0.2) is 0 Å². The molecule has 1 unspecified atom stereocenters. The fraction of sp³-hybridized carbons (Fsp3) is 0.133. The van der Waals surface area contributed by atoms with Crippen molar-refractivity contribution < 1.29 is 4.39 Å². The maximum atomic E-state index is 13.2. The predicted molar refractivity (Wildman–Crippen MR) is 75.8 cm³/mol. The van der Waals surface area contributed by atoms with E-state index in [1.54, 1.807) is 12.4 Å². The second-order valence-electron chi connectivity index (χ2n) is 4.55. The van der Waals surface area contributed by atoms with E-state index in [0.717, 1.165) is 16.6 Å². The van der Waals surface area contributed by atoms with Crippen LogP contribution in [0.3, 0.4) is 0 Å². The Hall–Kier alpha value is -2.56. The van der Waals surface area contributed by atoms with Crippen LogP contribution in [0.25, 0.3) is 11.0 Å². The average Bonchev–Trinajstić information content (AvgIpc) is 2.47. The molecule has 0 aliphatic heterocycles. The van der Waals surface area contributed by atoms with Gasteiger partial charge in [-0.05, 0) is 30.7 Å². The Morgan fingerprint density at radius 1 is 1.10 bits per heavy atom. The molecule has 4 nitrogen and oxygen atoms in total. The lowest BCUT2D eigenvalue weighted by atomic mass is 10.1. The van der Waals surface area contributed by atoms with Gasteiger partial charge in [0.1, 0.15) is 11.6 Å². The number of aromatic nitrogens is 3. The summed E-state index contributed by atoms with van der Waals surface area (Å²) in [5.41, 5.74) is 2.43. The van der Waals surface area contributed by atoms with Crippen molar-refractivity contribution in [2.75, 3.05) is 5.32 Å². The summed E-state index contributed by atoms with van der Waals surface area (Å²) in [4.78, 5) is 12.7. The van der Waals surface area contributed by atoms with Crippen LogP contribution in [-0.4, -0.2) is 15.0 Å². The van der Waals surface area contributed by atoms with Crippen molar-refractivity contribution in [3.8, 4) is 0 Å². The van der Waals surface area contributed by atoms with Gasteiger partial charge >= 0.3 is 0 Å². The zero-order valence-corrected chi connectivity index (χ0v) is 10.9. The van der Waals surface area contributed by atoms with E-state index in [1.807, 2.05) is 31.2 Å². The molecule has 3 rings (SSSR count). The van der Waals surface area contributed by atoms with E-state index < -0.39 is 0 Å². The fourth-order valence-electron chi connectivity index (χ4n) is 2.00. The standard InChI is InChI=1S/C15H13FN4/c1-10(11-6-12(16)8-17-7-11)19-15-9-18-13-4-2-3-5-14(13)20-15/h2-10H,1H3,(H,19,20). The molecule has 5 heteroatoms. The molecule has 2 heterocycles. The quantitative estimate of drug-likeness (QED) is 0.791. The molecule has 1 aromatic carbocycles. The van der Waals surface area contributed by atoms with E-state index >= 15 is 0 Å². The Labute approximate surface area is 115 Å². The zero-order chi connectivity index (χ0) is 13.9. The molecule has 100 valence electrons. The first kappa shape index (κ1) is 12.5. The first-order chi connectivity index (χ1) is 9.72. The monoisotopic (exact) mass is 268 g/mol. The highest BCUT2D eigenvalue weighted by Crippen LogP contribution is 2.19. The molecule has 0 fully saturated rings. The second-order valence-corrected chi connectivity index (χ2v) is 4.55. The number of hydrogen-bond donors (Lipinski definition) is 1. The van der Waals surface area contributed by atoms with Gasteiger partial charge in [0.05, 0.1) is 29.5 Å². The van der Waals surface area contributed by atoms with E-state index in [4.69, 9.17) is 0 Å². The molecule has 0 amide bonds. The highest BCUT2D eigenvalue weighted by molar-refractivity contribution is 5.75. The number of pyridine rings is 1. The van der Waals surface area contributed by atoms with E-state index in [2.05, 4.69) is 20.3 Å². The average molecular weight is 268 g/mol. The summed E-state index contributed by atoms with van der Waals surface area (Å²) in [6, 6.07) is 9.01. The lowest BCUT2D eigenvalue weighted by Crippen LogP contribution is -2.09. The van der Waals surface area contributed by atoms with Gasteiger partial charge in [-0.25, -0.2) is 9.37 Å². The van der Waals surface area contributed by atoms with Gasteiger partial charge in [0, 0.05) is 6.20 Å². The highest BCUT2D eigenvalue weighted by atomic mass is 19.1. The first-order valence-electron chi connectivity index (χ1n) is 6.31. The topological polar surface area (TPSA) is 50.7 Å². The number of rotatable bonds is 3. The van der Waals surface area contributed by atoms with Crippen LogP contribution in [0.1, 0.15) is 18.5 Å². The number of fused-ring (bicyclic) bond motifs is 1. The highest BCUT2D eigenvalue weighted by Gasteiger charge is 2.08. The predicted octanol–water partition coefficient (Wildman–Crippen LogP) is 3.34. The molecular weight excluding hydrogens is 255 g/mol. The maximum absolute atomic E-state index is 13.2. The summed E-state index contributed by atoms with van der Waals surface area (Å²) in [5, 5.41) is 3.20. The molecule has 0 bridgehead atoms. The molecule has 3 aromatic rings. The first-order valence-corrected chi connectivity index (χ1v) is 6.31. The molecule has 0 radical (unpaired) electrons. The van der Waals surface area contributed by atoms with Crippen LogP contribution >= 0.6 is 0 Å². The van der Waals surface area contributed by atoms with Gasteiger partial charge in [-0.3, -0.25) is 9.97 Å². The van der Waals surface area contributed by atoms with Crippen molar-refractivity contribution in [2.45, 2.75) is 13.0 Å². The van der Waals surface area contributed by atoms with E-state index in [1.165, 1.54) is 12.3 Å². The number of nitrogens with one attached hydrogen (secondary N) is 1. The van der Waals surface area contributed by atoms with Crippen molar-refractivity contribution in [2.24, 2.45) is 0 Å². The smallest absolute Gasteiger partial charge is 0.145 e. The summed E-state index contributed by atoms with van der Waals surface area (Å²) in [7, 11) is 0. The van der Waals surface area contributed by atoms with Gasteiger partial charge in [0.25, 0.3) is 0 Å². The summed E-state index contributed by atoms with van der Waals surface area (Å²) in [6.07, 6.45) is 4.49. The normalized spacial score (nSPS) is 12.3. The third-order valence-corrected chi connectivity index (χ3v) is 3.04. The SMILES string of the molecule is CC(Nc1cnc2ccccc2n1)c1cncc(F)c1. The van der Waals surface area contributed by atoms with Crippen LogP contribution in [-0.2, 0) is 0 Å². The van der Waals surface area contributed by atoms with Crippen LogP contribution in [0.2, 0.25) is 0 Å². The van der Waals surface area contributed by atoms with Crippen LogP contribution < -0.4 is 5.32 Å². The van der Waals surface area contributed by atoms with Crippen LogP contribution in [0.15, 0.2) is 48.9 Å². The minimum absolute atomic E-state index is 0.103. The zero-order valence-electron chi connectivity index (χ0n) is 10.9. The van der Waals surface area contributed by atoms with Gasteiger partial charge in [0.2, 0.25) is 0 Å². The number of para-hydroxylation sites is 2. The molecule has 1 N–H and O–H groups in total. The molecule has 20 heavy (non-hydrogen) atoms. The molecule has 0 aliphatic carbocycles. The number of nitrogens with zero attached hydrogens (tertiary/aromatic N) is 3. The number of halogens is 1. The van der Waals surface area contributed by atoms with Crippen LogP contribution in [0.4, 0.5) is 10.2 Å². The third kappa shape index (κ3) is 2.56. The lowest BCUT2D eigenvalue weighted by Gasteiger charge is -2.14. The van der Waals surface area contributed by atoms with Crippen molar-refractivity contribution in [3.05, 3.63) is 60.3 Å². The summed E-state index contributed by atoms with van der Waals surface area (Å²) in [6.45, 7) is 1.92. The van der Waals surface area contributed by atoms with E-state index in [0.29, 0.717) is 5.82 Å². The third-order valence-electron chi connectivity index (χ3n) is 3.04. The molecule has 1 atom stereocenters. The molecule has 2 aromatic heterocycles. The summed E-state index contributed by atoms with van der Waals surface area (Å²) < 4.78 is 13.2. The van der Waals surface area contributed by atoms with Crippen LogP contribution in [0.5, 0.6) is 0 Å². The molecule has 0 saturated heterocycles. The maximum Gasteiger partial charge on any atom is 0.145 e. The summed E-state index contributed by atoms with van der Waals surface area (Å²) in [5.74, 6) is 0.307. The van der Waals surface area contributed by atoms with Gasteiger partial charge < -0.3 is 5.32 Å². The Morgan fingerprint density at radius 2 is 1.90 bits per heavy atom. The largest absolute Gasteiger partial charge is 0.362 e. The lowest BCUT2D eigenvalue weighted by molar-refractivity contribution is 0.616. The summed E-state index contributed by atoms with van der Waals surface area (Å²) >= 11 is 0.